The van der Waals surface area contributed by atoms with Crippen molar-refractivity contribution >= 4 is 44.1 Å². The molecule has 2 aliphatic heterocycles. The number of fused-ring (bicyclic) bond motifs is 2. The quantitative estimate of drug-likeness (QED) is 0.535. The van der Waals surface area contributed by atoms with Gasteiger partial charge in [0.1, 0.15) is 6.33 Å². The number of hydrogen-bond acceptors (Lipinski definition) is 5. The number of sulfone groups is 1. The monoisotopic (exact) mass is 500 g/mol. The Kier molecular flexibility index (Phi) is 6.07. The fraction of sp³-hybridized carbons (Fsp3) is 0.375. The van der Waals surface area contributed by atoms with Gasteiger partial charge >= 0.3 is 6.03 Å². The smallest absolute Gasteiger partial charge is 0.329 e. The lowest BCUT2D eigenvalue weighted by Crippen LogP contribution is -2.52. The second-order valence-corrected chi connectivity index (χ2v) is 11.4. The van der Waals surface area contributed by atoms with Gasteiger partial charge in [-0.25, -0.2) is 18.2 Å². The van der Waals surface area contributed by atoms with Crippen LogP contribution in [0.1, 0.15) is 25.0 Å². The van der Waals surface area contributed by atoms with Gasteiger partial charge < -0.3 is 9.80 Å². The molecule has 3 heterocycles. The zero-order valence-corrected chi connectivity index (χ0v) is 20.1. The number of imidazole rings is 1. The Labute approximate surface area is 203 Å². The number of amides is 2. The van der Waals surface area contributed by atoms with E-state index >= 15 is 0 Å². The molecule has 10 heteroatoms. The van der Waals surface area contributed by atoms with Crippen LogP contribution in [0.2, 0.25) is 5.02 Å². The standard InChI is InChI=1S/C24H25ClN4O4S/c25-19-3-1-18-14-22(4-2-17(18)13-19)34(32,33)12-8-23(30)27-9-5-20(6-10-27)28-11-7-21-15-26-16-29(21)24(28)31/h1-4,13-16,20H,5-12H2. The highest BCUT2D eigenvalue weighted by Gasteiger charge is 2.33. The highest BCUT2D eigenvalue weighted by Crippen LogP contribution is 2.25. The van der Waals surface area contributed by atoms with Crippen molar-refractivity contribution in [2.24, 2.45) is 0 Å². The number of aromatic nitrogens is 2. The van der Waals surface area contributed by atoms with Crippen LogP contribution in [0.5, 0.6) is 0 Å². The number of hydrogen-bond donors (Lipinski definition) is 0. The molecule has 0 atom stereocenters. The Balaban J connectivity index is 1.17. The minimum Gasteiger partial charge on any atom is -0.343 e. The van der Waals surface area contributed by atoms with Crippen LogP contribution in [0, 0.1) is 0 Å². The molecule has 0 aliphatic carbocycles. The summed E-state index contributed by atoms with van der Waals surface area (Å²) in [5.74, 6) is -0.407. The van der Waals surface area contributed by atoms with E-state index in [2.05, 4.69) is 4.98 Å². The molecule has 0 N–H and O–H groups in total. The van der Waals surface area contributed by atoms with Crippen molar-refractivity contribution in [3.63, 3.8) is 0 Å². The summed E-state index contributed by atoms with van der Waals surface area (Å²) in [6, 6.07) is 10.2. The van der Waals surface area contributed by atoms with E-state index in [4.69, 9.17) is 11.6 Å². The van der Waals surface area contributed by atoms with E-state index in [9.17, 15) is 18.0 Å². The van der Waals surface area contributed by atoms with Crippen molar-refractivity contribution in [1.29, 1.82) is 0 Å². The first-order valence-electron chi connectivity index (χ1n) is 11.3. The summed E-state index contributed by atoms with van der Waals surface area (Å²) in [6.07, 6.45) is 5.34. The normalized spacial score (nSPS) is 17.3. The minimum absolute atomic E-state index is 0.0627. The maximum atomic E-state index is 12.9. The fourth-order valence-electron chi connectivity index (χ4n) is 4.80. The molecule has 8 nitrogen and oxygen atoms in total. The van der Waals surface area contributed by atoms with Gasteiger partial charge in [0.15, 0.2) is 9.84 Å². The molecule has 1 fully saturated rings. The Morgan fingerprint density at radius 3 is 2.59 bits per heavy atom. The molecule has 0 radical (unpaired) electrons. The van der Waals surface area contributed by atoms with Gasteiger partial charge in [-0.2, -0.15) is 0 Å². The highest BCUT2D eigenvalue weighted by atomic mass is 35.5. The van der Waals surface area contributed by atoms with Crippen LogP contribution >= 0.6 is 11.6 Å². The SMILES string of the molecule is O=C(CCS(=O)(=O)c1ccc2cc(Cl)ccc2c1)N1CCC(N2CCc3cncn3C2=O)CC1. The maximum absolute atomic E-state index is 12.9. The van der Waals surface area contributed by atoms with Crippen LogP contribution in [0.25, 0.3) is 10.8 Å². The third kappa shape index (κ3) is 4.42. The average Bonchev–Trinajstić information content (AvgIpc) is 3.32. The maximum Gasteiger partial charge on any atom is 0.329 e. The molecule has 1 saturated heterocycles. The number of likely N-dealkylation sites (tertiary alicyclic amines) is 1. The summed E-state index contributed by atoms with van der Waals surface area (Å²) >= 11 is 6.00. The van der Waals surface area contributed by atoms with Crippen LogP contribution in [-0.4, -0.2) is 71.1 Å². The highest BCUT2D eigenvalue weighted by molar-refractivity contribution is 7.91. The third-order valence-corrected chi connectivity index (χ3v) is 8.70. The molecular formula is C24H25ClN4O4S. The number of nitrogens with zero attached hydrogens (tertiary/aromatic N) is 4. The Morgan fingerprint density at radius 1 is 1.06 bits per heavy atom. The van der Waals surface area contributed by atoms with Crippen molar-refractivity contribution < 1.29 is 18.0 Å². The molecule has 178 valence electrons. The summed E-state index contributed by atoms with van der Waals surface area (Å²) in [5.41, 5.74) is 0.922. The van der Waals surface area contributed by atoms with Gasteiger partial charge in [-0.1, -0.05) is 23.7 Å². The van der Waals surface area contributed by atoms with Gasteiger partial charge in [-0.05, 0) is 47.9 Å². The first-order chi connectivity index (χ1) is 16.3. The predicted octanol–water partition coefficient (Wildman–Crippen LogP) is 3.37. The van der Waals surface area contributed by atoms with Crippen LogP contribution in [0.15, 0.2) is 53.8 Å². The zero-order valence-electron chi connectivity index (χ0n) is 18.6. The zero-order chi connectivity index (χ0) is 23.9. The second kappa shape index (κ2) is 9.03. The van der Waals surface area contributed by atoms with Crippen molar-refractivity contribution in [1.82, 2.24) is 19.4 Å². The first kappa shape index (κ1) is 22.9. The predicted molar refractivity (Wildman–Crippen MR) is 129 cm³/mol. The molecule has 5 rings (SSSR count). The summed E-state index contributed by atoms with van der Waals surface area (Å²) < 4.78 is 27.3. The lowest BCUT2D eigenvalue weighted by Gasteiger charge is -2.40. The Hall–Kier alpha value is -2.91. The molecule has 0 saturated carbocycles. The molecule has 34 heavy (non-hydrogen) atoms. The second-order valence-electron chi connectivity index (χ2n) is 8.82. The van der Waals surface area contributed by atoms with Gasteiger partial charge in [-0.3, -0.25) is 9.36 Å². The van der Waals surface area contributed by atoms with Crippen LogP contribution in [0.3, 0.4) is 0 Å². The van der Waals surface area contributed by atoms with E-state index < -0.39 is 9.84 Å². The minimum atomic E-state index is -3.60. The number of rotatable bonds is 5. The van der Waals surface area contributed by atoms with Gasteiger partial charge in [0.05, 0.1) is 10.6 Å². The van der Waals surface area contributed by atoms with Gasteiger partial charge in [0.25, 0.3) is 0 Å². The van der Waals surface area contributed by atoms with E-state index in [0.29, 0.717) is 37.5 Å². The summed E-state index contributed by atoms with van der Waals surface area (Å²) in [4.78, 5) is 33.3. The molecule has 1 aromatic heterocycles. The molecule has 3 aromatic rings. The van der Waals surface area contributed by atoms with Crippen LogP contribution < -0.4 is 0 Å². The van der Waals surface area contributed by atoms with Crippen molar-refractivity contribution in [3.8, 4) is 0 Å². The Morgan fingerprint density at radius 2 is 1.79 bits per heavy atom. The van der Waals surface area contributed by atoms with Gasteiger partial charge in [0, 0.05) is 55.4 Å². The van der Waals surface area contributed by atoms with Crippen LogP contribution in [0.4, 0.5) is 4.79 Å². The summed E-state index contributed by atoms with van der Waals surface area (Å²) in [5, 5.41) is 2.24. The van der Waals surface area contributed by atoms with E-state index in [1.165, 1.54) is 0 Å². The Bertz CT molecular complexity index is 1360. The number of carbonyl (C=O) groups excluding carboxylic acids is 2. The number of carbonyl (C=O) groups is 2. The van der Waals surface area contributed by atoms with E-state index in [1.807, 2.05) is 4.90 Å². The van der Waals surface area contributed by atoms with Crippen molar-refractivity contribution in [3.05, 3.63) is 59.6 Å². The summed E-state index contributed by atoms with van der Waals surface area (Å²) in [6.45, 7) is 1.68. The van der Waals surface area contributed by atoms with Crippen molar-refractivity contribution in [2.45, 2.75) is 36.6 Å². The van der Waals surface area contributed by atoms with E-state index in [0.717, 1.165) is 22.9 Å². The number of benzene rings is 2. The van der Waals surface area contributed by atoms with Gasteiger partial charge in [0.2, 0.25) is 5.91 Å². The molecule has 0 bridgehead atoms. The fourth-order valence-corrected chi connectivity index (χ4v) is 6.24. The largest absolute Gasteiger partial charge is 0.343 e. The molecule has 0 spiro atoms. The van der Waals surface area contributed by atoms with Crippen LogP contribution in [-0.2, 0) is 21.1 Å². The summed E-state index contributed by atoms with van der Waals surface area (Å²) in [7, 11) is -3.60. The van der Waals surface area contributed by atoms with E-state index in [-0.39, 0.29) is 35.0 Å². The van der Waals surface area contributed by atoms with Gasteiger partial charge in [-0.15, -0.1) is 0 Å². The molecule has 2 aliphatic rings. The topological polar surface area (TPSA) is 92.6 Å². The first-order valence-corrected chi connectivity index (χ1v) is 13.4. The number of halogens is 1. The molecule has 2 aromatic carbocycles. The number of piperidine rings is 1. The lowest BCUT2D eigenvalue weighted by molar-refractivity contribution is -0.132. The molecular weight excluding hydrogens is 476 g/mol. The molecule has 2 amide bonds. The average molecular weight is 501 g/mol. The van der Waals surface area contributed by atoms with Crippen molar-refractivity contribution in [2.75, 3.05) is 25.4 Å². The van der Waals surface area contributed by atoms with E-state index in [1.54, 1.807) is 58.4 Å². The third-order valence-electron chi connectivity index (χ3n) is 6.75. The molecule has 0 unspecified atom stereocenters. The lowest BCUT2D eigenvalue weighted by atomic mass is 10.0.